The molecule has 0 aliphatic rings. The molecule has 3 N–H and O–H groups in total. The average Bonchev–Trinajstić information content (AvgIpc) is 2.14. The lowest BCUT2D eigenvalue weighted by molar-refractivity contribution is 0.306. The molecule has 6 nitrogen and oxygen atoms in total. The number of nitrogens with one attached hydrogen (secondary N) is 1. The van der Waals surface area contributed by atoms with Gasteiger partial charge < -0.3 is 4.84 Å². The molecular formula is CH3N5O. The van der Waals surface area contributed by atoms with Gasteiger partial charge in [-0.2, -0.15) is 11.1 Å². The van der Waals surface area contributed by atoms with Crippen LogP contribution in [0, 0.1) is 0 Å². The molecule has 0 bridgehead atoms. The number of rotatable bonds is 1. The molecule has 1 aromatic heterocycles. The van der Waals surface area contributed by atoms with E-state index >= 15 is 0 Å². The number of hydrogen-bond acceptors (Lipinski definition) is 5. The van der Waals surface area contributed by atoms with Gasteiger partial charge in [0.05, 0.1) is 0 Å². The van der Waals surface area contributed by atoms with Crippen molar-refractivity contribution in [2.45, 2.75) is 0 Å². The number of H-pyrrole nitrogens is 1. The molecule has 0 unspecified atom stereocenters. The molecule has 0 atom stereocenters. The first-order valence-corrected chi connectivity index (χ1v) is 1.53. The zero-order chi connectivity index (χ0) is 5.11. The van der Waals surface area contributed by atoms with Crippen molar-refractivity contribution in [1.29, 1.82) is 0 Å². The van der Waals surface area contributed by atoms with E-state index in [1.165, 1.54) is 0 Å². The van der Waals surface area contributed by atoms with Gasteiger partial charge in [-0.25, -0.2) is 0 Å². The average molecular weight is 101 g/mol. The van der Waals surface area contributed by atoms with Crippen LogP contribution in [0.3, 0.4) is 0 Å². The molecule has 0 saturated carbocycles. The molecule has 0 saturated heterocycles. The van der Waals surface area contributed by atoms with Crippen LogP contribution >= 0.6 is 0 Å². The second-order valence-electron chi connectivity index (χ2n) is 0.812. The van der Waals surface area contributed by atoms with Gasteiger partial charge in [0.15, 0.2) is 0 Å². The minimum Gasteiger partial charge on any atom is -0.369 e. The largest absolute Gasteiger partial charge is 0.374 e. The molecule has 0 spiro atoms. The van der Waals surface area contributed by atoms with Gasteiger partial charge in [-0.1, -0.05) is 10.2 Å². The number of aromatic nitrogens is 4. The van der Waals surface area contributed by atoms with Crippen LogP contribution in [-0.2, 0) is 0 Å². The van der Waals surface area contributed by atoms with Gasteiger partial charge in [0, 0.05) is 0 Å². The second-order valence-corrected chi connectivity index (χ2v) is 0.812. The number of nitrogens with two attached hydrogens (primary N) is 1. The monoisotopic (exact) mass is 101 g/mol. The van der Waals surface area contributed by atoms with Gasteiger partial charge in [-0.15, -0.1) is 0 Å². The van der Waals surface area contributed by atoms with E-state index in [9.17, 15) is 0 Å². The summed E-state index contributed by atoms with van der Waals surface area (Å²) in [6.45, 7) is 0. The third-order valence-corrected chi connectivity index (χ3v) is 0.431. The normalized spacial score (nSPS) is 8.71. The Balaban J connectivity index is 2.76. The van der Waals surface area contributed by atoms with E-state index in [2.05, 4.69) is 31.4 Å². The van der Waals surface area contributed by atoms with Gasteiger partial charge in [-0.05, 0) is 5.21 Å². The third-order valence-electron chi connectivity index (χ3n) is 0.431. The predicted molar refractivity (Wildman–Crippen MR) is 19.0 cm³/mol. The van der Waals surface area contributed by atoms with Crippen molar-refractivity contribution < 1.29 is 4.84 Å². The quantitative estimate of drug-likeness (QED) is 0.418. The van der Waals surface area contributed by atoms with Crippen molar-refractivity contribution in [2.24, 2.45) is 5.90 Å². The summed E-state index contributed by atoms with van der Waals surface area (Å²) < 4.78 is 0. The van der Waals surface area contributed by atoms with Crippen LogP contribution < -0.4 is 10.7 Å². The van der Waals surface area contributed by atoms with Crippen LogP contribution in [0.2, 0.25) is 0 Å². The topological polar surface area (TPSA) is 89.7 Å². The standard InChI is InChI=1S/CH3N5O/c2-7-1-3-5-6-4-1/h2H2,(H,3,4,5,6). The summed E-state index contributed by atoms with van der Waals surface area (Å²) in [7, 11) is 0. The number of aromatic amines is 1. The smallest absolute Gasteiger partial charge is 0.369 e. The summed E-state index contributed by atoms with van der Waals surface area (Å²) in [5.74, 6) is 4.61. The van der Waals surface area contributed by atoms with Crippen LogP contribution in [0.25, 0.3) is 0 Å². The van der Waals surface area contributed by atoms with E-state index in [4.69, 9.17) is 0 Å². The molecule has 7 heavy (non-hydrogen) atoms. The highest BCUT2D eigenvalue weighted by molar-refractivity contribution is 4.78. The van der Waals surface area contributed by atoms with Crippen LogP contribution in [0.15, 0.2) is 0 Å². The van der Waals surface area contributed by atoms with Gasteiger partial charge in [-0.3, -0.25) is 0 Å². The molecule has 0 radical (unpaired) electrons. The Morgan fingerprint density at radius 2 is 2.57 bits per heavy atom. The highest BCUT2D eigenvalue weighted by Crippen LogP contribution is 1.86. The lowest BCUT2D eigenvalue weighted by Crippen LogP contribution is -2.02. The zero-order valence-electron chi connectivity index (χ0n) is 3.33. The van der Waals surface area contributed by atoms with Crippen molar-refractivity contribution in [3.63, 3.8) is 0 Å². The fraction of sp³-hybridized carbons (Fsp3) is 0. The summed E-state index contributed by atoms with van der Waals surface area (Å²) in [6, 6.07) is 0.0417. The number of nitrogens with zero attached hydrogens (tertiary/aromatic N) is 3. The van der Waals surface area contributed by atoms with Gasteiger partial charge in [0.1, 0.15) is 0 Å². The molecule has 6 heteroatoms. The molecule has 1 aromatic rings. The molecule has 0 amide bonds. The van der Waals surface area contributed by atoms with E-state index in [0.29, 0.717) is 0 Å². The predicted octanol–water partition coefficient (Wildman–Crippen LogP) is -1.55. The lowest BCUT2D eigenvalue weighted by atomic mass is 11.3. The molecule has 1 heterocycles. The Morgan fingerprint density at radius 1 is 1.71 bits per heavy atom. The Labute approximate surface area is 38.6 Å². The molecule has 0 aromatic carbocycles. The van der Waals surface area contributed by atoms with Crippen molar-refractivity contribution in [3.05, 3.63) is 0 Å². The van der Waals surface area contributed by atoms with E-state index < -0.39 is 0 Å². The van der Waals surface area contributed by atoms with Crippen LogP contribution in [0.1, 0.15) is 0 Å². The van der Waals surface area contributed by atoms with Crippen molar-refractivity contribution >= 4 is 0 Å². The van der Waals surface area contributed by atoms with E-state index in [-0.39, 0.29) is 6.01 Å². The molecule has 38 valence electrons. The minimum atomic E-state index is 0.0417. The first-order chi connectivity index (χ1) is 3.43. The fourth-order valence-corrected chi connectivity index (χ4v) is 0.203. The maximum absolute atomic E-state index is 4.61. The first kappa shape index (κ1) is 4.00. The van der Waals surface area contributed by atoms with E-state index in [1.54, 1.807) is 0 Å². The van der Waals surface area contributed by atoms with Gasteiger partial charge in [0.25, 0.3) is 0 Å². The van der Waals surface area contributed by atoms with Gasteiger partial charge in [0.2, 0.25) is 0 Å². The Bertz CT molecular complexity index is 123. The Kier molecular flexibility index (Phi) is 0.868. The van der Waals surface area contributed by atoms with E-state index in [1.807, 2.05) is 0 Å². The van der Waals surface area contributed by atoms with E-state index in [0.717, 1.165) is 0 Å². The minimum absolute atomic E-state index is 0.0417. The van der Waals surface area contributed by atoms with Crippen molar-refractivity contribution in [2.75, 3.05) is 0 Å². The zero-order valence-corrected chi connectivity index (χ0v) is 3.33. The van der Waals surface area contributed by atoms with Crippen LogP contribution in [0.5, 0.6) is 6.01 Å². The fourth-order valence-electron chi connectivity index (χ4n) is 0.203. The summed E-state index contributed by atoms with van der Waals surface area (Å²) in [5, 5.41) is 12.0. The third kappa shape index (κ3) is 0.631. The second kappa shape index (κ2) is 1.52. The Morgan fingerprint density at radius 3 is 2.86 bits per heavy atom. The molecule has 0 aliphatic carbocycles. The van der Waals surface area contributed by atoms with Crippen LogP contribution in [0.4, 0.5) is 0 Å². The molecule has 1 rings (SSSR count). The summed E-state index contributed by atoms with van der Waals surface area (Å²) in [6.07, 6.45) is 0. The summed E-state index contributed by atoms with van der Waals surface area (Å²) in [4.78, 5) is 4.04. The Hall–Kier alpha value is -1.17. The highest BCUT2D eigenvalue weighted by atomic mass is 16.6. The number of tetrazole rings is 1. The molecular weight excluding hydrogens is 98.0 g/mol. The lowest BCUT2D eigenvalue weighted by Gasteiger charge is -1.79. The molecule has 0 fully saturated rings. The first-order valence-electron chi connectivity index (χ1n) is 1.53. The SMILES string of the molecule is NOc1nn[nH]n1. The molecule has 0 aliphatic heterocycles. The van der Waals surface area contributed by atoms with Crippen LogP contribution in [-0.4, -0.2) is 20.6 Å². The van der Waals surface area contributed by atoms with Gasteiger partial charge >= 0.3 is 6.01 Å². The summed E-state index contributed by atoms with van der Waals surface area (Å²) >= 11 is 0. The van der Waals surface area contributed by atoms with Crippen molar-refractivity contribution in [3.8, 4) is 6.01 Å². The maximum atomic E-state index is 4.61. The highest BCUT2D eigenvalue weighted by Gasteiger charge is 1.89. The number of hydrogen-bond donors (Lipinski definition) is 2. The van der Waals surface area contributed by atoms with Crippen molar-refractivity contribution in [1.82, 2.24) is 20.6 Å². The summed E-state index contributed by atoms with van der Waals surface area (Å²) in [5.41, 5.74) is 0. The maximum Gasteiger partial charge on any atom is 0.374 e.